The quantitative estimate of drug-likeness (QED) is 0.832. The molecule has 0 radical (unpaired) electrons. The highest BCUT2D eigenvalue weighted by Gasteiger charge is 2.21. The van der Waals surface area contributed by atoms with Gasteiger partial charge in [0.05, 0.1) is 5.02 Å². The van der Waals surface area contributed by atoms with Gasteiger partial charge in [0.15, 0.2) is 0 Å². The third-order valence-electron chi connectivity index (χ3n) is 2.44. The molecule has 1 aliphatic carbocycles. The van der Waals surface area contributed by atoms with Gasteiger partial charge in [-0.2, -0.15) is 0 Å². The Hall–Kier alpha value is -0.730. The molecule has 3 heteroatoms. The highest BCUT2D eigenvalue weighted by molar-refractivity contribution is 6.32. The Morgan fingerprint density at radius 2 is 2.20 bits per heavy atom. The van der Waals surface area contributed by atoms with Crippen LogP contribution in [0.5, 0.6) is 5.75 Å². The van der Waals surface area contributed by atoms with Gasteiger partial charge in [-0.15, -0.1) is 0 Å². The van der Waals surface area contributed by atoms with E-state index in [-0.39, 0.29) is 6.10 Å². The van der Waals surface area contributed by atoms with E-state index in [1.165, 1.54) is 12.8 Å². The number of ether oxygens (including phenoxy) is 1. The minimum Gasteiger partial charge on any atom is -0.488 e. The lowest BCUT2D eigenvalue weighted by molar-refractivity contribution is 0.217. The summed E-state index contributed by atoms with van der Waals surface area (Å²) in [6.45, 7) is 2.94. The van der Waals surface area contributed by atoms with Gasteiger partial charge in [-0.05, 0) is 31.9 Å². The molecule has 1 aromatic carbocycles. The van der Waals surface area contributed by atoms with Crippen molar-refractivity contribution in [3.05, 3.63) is 29.3 Å². The third kappa shape index (κ3) is 3.40. The first-order chi connectivity index (χ1) is 7.25. The van der Waals surface area contributed by atoms with Gasteiger partial charge >= 0.3 is 0 Å². The van der Waals surface area contributed by atoms with Crippen molar-refractivity contribution >= 4 is 11.6 Å². The zero-order valence-corrected chi connectivity index (χ0v) is 9.63. The van der Waals surface area contributed by atoms with Crippen molar-refractivity contribution in [3.63, 3.8) is 0 Å². The fraction of sp³-hybridized carbons (Fsp3) is 0.500. The van der Waals surface area contributed by atoms with Gasteiger partial charge in [-0.25, -0.2) is 0 Å². The highest BCUT2D eigenvalue weighted by Crippen LogP contribution is 2.24. The van der Waals surface area contributed by atoms with E-state index in [9.17, 15) is 0 Å². The summed E-state index contributed by atoms with van der Waals surface area (Å²) in [5, 5.41) is 4.10. The van der Waals surface area contributed by atoms with Crippen LogP contribution in [-0.4, -0.2) is 18.7 Å². The molecule has 0 heterocycles. The number of halogens is 1. The van der Waals surface area contributed by atoms with E-state index in [1.807, 2.05) is 24.3 Å². The van der Waals surface area contributed by atoms with E-state index in [0.29, 0.717) is 5.02 Å². The van der Waals surface area contributed by atoms with Gasteiger partial charge in [0, 0.05) is 12.6 Å². The maximum absolute atomic E-state index is 6.00. The van der Waals surface area contributed by atoms with Crippen LogP contribution in [0.3, 0.4) is 0 Å². The van der Waals surface area contributed by atoms with Crippen LogP contribution < -0.4 is 10.1 Å². The summed E-state index contributed by atoms with van der Waals surface area (Å²) < 4.78 is 5.73. The second kappa shape index (κ2) is 4.86. The molecule has 0 bridgehead atoms. The molecule has 0 amide bonds. The average molecular weight is 226 g/mol. The van der Waals surface area contributed by atoms with Crippen LogP contribution in [0.2, 0.25) is 5.02 Å². The van der Waals surface area contributed by atoms with Crippen LogP contribution in [0.15, 0.2) is 24.3 Å². The summed E-state index contributed by atoms with van der Waals surface area (Å²) in [7, 11) is 0. The molecule has 2 rings (SSSR count). The number of hydrogen-bond donors (Lipinski definition) is 1. The van der Waals surface area contributed by atoms with Crippen molar-refractivity contribution in [1.29, 1.82) is 0 Å². The summed E-state index contributed by atoms with van der Waals surface area (Å²) in [4.78, 5) is 0. The number of rotatable bonds is 5. The van der Waals surface area contributed by atoms with Gasteiger partial charge in [-0.3, -0.25) is 0 Å². The van der Waals surface area contributed by atoms with Crippen LogP contribution in [0.1, 0.15) is 19.8 Å². The van der Waals surface area contributed by atoms with Gasteiger partial charge in [0.1, 0.15) is 11.9 Å². The zero-order chi connectivity index (χ0) is 10.7. The second-order valence-electron chi connectivity index (χ2n) is 4.04. The molecule has 0 saturated heterocycles. The van der Waals surface area contributed by atoms with Crippen molar-refractivity contribution in [2.24, 2.45) is 0 Å². The lowest BCUT2D eigenvalue weighted by atomic mass is 10.3. The monoisotopic (exact) mass is 225 g/mol. The minimum absolute atomic E-state index is 0.158. The van der Waals surface area contributed by atoms with Crippen molar-refractivity contribution in [1.82, 2.24) is 5.32 Å². The van der Waals surface area contributed by atoms with Crippen LogP contribution in [0.4, 0.5) is 0 Å². The van der Waals surface area contributed by atoms with E-state index in [4.69, 9.17) is 16.3 Å². The Labute approximate surface area is 95.6 Å². The summed E-state index contributed by atoms with van der Waals surface area (Å²) in [6, 6.07) is 8.31. The maximum atomic E-state index is 6.00. The molecule has 1 aromatic rings. The lowest BCUT2D eigenvalue weighted by Gasteiger charge is -2.16. The van der Waals surface area contributed by atoms with E-state index in [1.54, 1.807) is 0 Å². The Morgan fingerprint density at radius 3 is 2.87 bits per heavy atom. The standard InChI is InChI=1S/C12H16ClNO/c1-9(8-14-10-6-7-10)15-12-5-3-2-4-11(12)13/h2-5,9-10,14H,6-8H2,1H3. The summed E-state index contributed by atoms with van der Waals surface area (Å²) >= 11 is 6.00. The molecule has 2 nitrogen and oxygen atoms in total. The van der Waals surface area contributed by atoms with Gasteiger partial charge in [0.2, 0.25) is 0 Å². The first kappa shape index (κ1) is 10.8. The minimum atomic E-state index is 0.158. The summed E-state index contributed by atoms with van der Waals surface area (Å²) in [6.07, 6.45) is 2.77. The molecule has 1 aliphatic rings. The third-order valence-corrected chi connectivity index (χ3v) is 2.75. The number of benzene rings is 1. The number of nitrogens with one attached hydrogen (secondary N) is 1. The average Bonchev–Trinajstić information content (AvgIpc) is 3.02. The molecule has 1 unspecified atom stereocenters. The van der Waals surface area contributed by atoms with E-state index >= 15 is 0 Å². The fourth-order valence-electron chi connectivity index (χ4n) is 1.42. The summed E-state index contributed by atoms with van der Waals surface area (Å²) in [5.41, 5.74) is 0. The molecule has 1 atom stereocenters. The van der Waals surface area contributed by atoms with Crippen molar-refractivity contribution in [3.8, 4) is 5.75 Å². The molecule has 0 aromatic heterocycles. The molecule has 1 fully saturated rings. The van der Waals surface area contributed by atoms with Crippen LogP contribution >= 0.6 is 11.6 Å². The first-order valence-electron chi connectivity index (χ1n) is 5.40. The Bertz CT molecular complexity index is 325. The SMILES string of the molecule is CC(CNC1CC1)Oc1ccccc1Cl. The topological polar surface area (TPSA) is 21.3 Å². The predicted octanol–water partition coefficient (Wildman–Crippen LogP) is 2.86. The largest absolute Gasteiger partial charge is 0.488 e. The zero-order valence-electron chi connectivity index (χ0n) is 8.87. The molecule has 1 saturated carbocycles. The fourth-order valence-corrected chi connectivity index (χ4v) is 1.60. The Kier molecular flexibility index (Phi) is 3.49. The van der Waals surface area contributed by atoms with Crippen molar-refractivity contribution < 1.29 is 4.74 Å². The molecule has 0 aliphatic heterocycles. The van der Waals surface area contributed by atoms with Crippen molar-refractivity contribution in [2.45, 2.75) is 31.9 Å². The maximum Gasteiger partial charge on any atom is 0.138 e. The molecule has 82 valence electrons. The van der Waals surface area contributed by atoms with E-state index in [2.05, 4.69) is 12.2 Å². The Morgan fingerprint density at radius 1 is 1.47 bits per heavy atom. The van der Waals surface area contributed by atoms with Gasteiger partial charge in [0.25, 0.3) is 0 Å². The first-order valence-corrected chi connectivity index (χ1v) is 5.78. The van der Waals surface area contributed by atoms with Gasteiger partial charge < -0.3 is 10.1 Å². The molecule has 1 N–H and O–H groups in total. The summed E-state index contributed by atoms with van der Waals surface area (Å²) in [5.74, 6) is 0.768. The molecule has 15 heavy (non-hydrogen) atoms. The second-order valence-corrected chi connectivity index (χ2v) is 4.45. The smallest absolute Gasteiger partial charge is 0.138 e. The normalized spacial score (nSPS) is 17.5. The van der Waals surface area contributed by atoms with Crippen molar-refractivity contribution in [2.75, 3.05) is 6.54 Å². The molecular weight excluding hydrogens is 210 g/mol. The predicted molar refractivity (Wildman–Crippen MR) is 62.6 cm³/mol. The number of hydrogen-bond acceptors (Lipinski definition) is 2. The molecule has 0 spiro atoms. The Balaban J connectivity index is 1.81. The lowest BCUT2D eigenvalue weighted by Crippen LogP contribution is -2.30. The van der Waals surface area contributed by atoms with Crippen LogP contribution in [-0.2, 0) is 0 Å². The molecular formula is C12H16ClNO. The van der Waals surface area contributed by atoms with E-state index in [0.717, 1.165) is 18.3 Å². The highest BCUT2D eigenvalue weighted by atomic mass is 35.5. The number of para-hydroxylation sites is 1. The van der Waals surface area contributed by atoms with Crippen LogP contribution in [0, 0.1) is 0 Å². The van der Waals surface area contributed by atoms with Gasteiger partial charge in [-0.1, -0.05) is 23.7 Å². The van der Waals surface area contributed by atoms with Crippen LogP contribution in [0.25, 0.3) is 0 Å². The van der Waals surface area contributed by atoms with E-state index < -0.39 is 0 Å².